The number of amides is 1. The monoisotopic (exact) mass is 382 g/mol. The van der Waals surface area contributed by atoms with Crippen molar-refractivity contribution in [2.75, 3.05) is 31.1 Å². The van der Waals surface area contributed by atoms with Gasteiger partial charge in [0.15, 0.2) is 17.3 Å². The molecule has 2 aromatic rings. The van der Waals surface area contributed by atoms with Crippen LogP contribution in [0.15, 0.2) is 36.4 Å². The van der Waals surface area contributed by atoms with Crippen LogP contribution >= 0.6 is 0 Å². The molecule has 1 fully saturated rings. The quantitative estimate of drug-likeness (QED) is 0.873. The number of benzene rings is 1. The smallest absolute Gasteiger partial charge is 0.264 e. The van der Waals surface area contributed by atoms with E-state index in [0.29, 0.717) is 24.0 Å². The number of hydrogen-bond donors (Lipinski definition) is 1. The summed E-state index contributed by atoms with van der Waals surface area (Å²) in [5, 5.41) is 11.7. The fourth-order valence-electron chi connectivity index (χ4n) is 3.29. The van der Waals surface area contributed by atoms with E-state index in [9.17, 15) is 4.79 Å². The molecule has 7 heteroatoms. The summed E-state index contributed by atoms with van der Waals surface area (Å²) in [4.78, 5) is 14.6. The Hall–Kier alpha value is -2.83. The molecule has 28 heavy (non-hydrogen) atoms. The Morgan fingerprint density at radius 2 is 1.89 bits per heavy atom. The number of hydrogen-bond acceptors (Lipinski definition) is 6. The van der Waals surface area contributed by atoms with Gasteiger partial charge in [0.2, 0.25) is 6.10 Å². The fraction of sp³-hybridized carbons (Fsp3) is 0.476. The number of nitrogens with one attached hydrogen (secondary N) is 1. The lowest BCUT2D eigenvalue weighted by molar-refractivity contribution is -0.130. The summed E-state index contributed by atoms with van der Waals surface area (Å²) in [5.41, 5.74) is 0.982. The highest BCUT2D eigenvalue weighted by Crippen LogP contribution is 2.31. The van der Waals surface area contributed by atoms with Gasteiger partial charge in [-0.3, -0.25) is 4.79 Å². The molecule has 1 aromatic carbocycles. The molecule has 1 amide bonds. The predicted octanol–water partition coefficient (Wildman–Crippen LogP) is 2.17. The molecule has 148 valence electrons. The van der Waals surface area contributed by atoms with Gasteiger partial charge >= 0.3 is 0 Å². The first kappa shape index (κ1) is 18.5. The van der Waals surface area contributed by atoms with Crippen LogP contribution in [0.25, 0.3) is 0 Å². The van der Waals surface area contributed by atoms with Gasteiger partial charge in [-0.2, -0.15) is 5.10 Å². The predicted molar refractivity (Wildman–Crippen MR) is 106 cm³/mol. The second-order valence-electron chi connectivity index (χ2n) is 8.41. The largest absolute Gasteiger partial charge is 0.485 e. The minimum absolute atomic E-state index is 0.00128. The zero-order valence-electron chi connectivity index (χ0n) is 16.5. The van der Waals surface area contributed by atoms with E-state index >= 15 is 0 Å². The van der Waals surface area contributed by atoms with Crippen LogP contribution in [0.5, 0.6) is 11.5 Å². The molecule has 0 bridgehead atoms. The van der Waals surface area contributed by atoms with E-state index in [4.69, 9.17) is 9.47 Å². The van der Waals surface area contributed by atoms with Crippen molar-refractivity contribution in [3.05, 3.63) is 42.1 Å². The number of nitrogens with zero attached hydrogens (tertiary/aromatic N) is 3. The molecule has 0 spiro atoms. The van der Waals surface area contributed by atoms with Gasteiger partial charge in [-0.1, -0.05) is 32.9 Å². The lowest BCUT2D eigenvalue weighted by Crippen LogP contribution is -2.54. The number of carbonyl (C=O) groups excluding carboxylic acids is 1. The van der Waals surface area contributed by atoms with Gasteiger partial charge in [-0.25, -0.2) is 0 Å². The van der Waals surface area contributed by atoms with Crippen LogP contribution in [0.3, 0.4) is 0 Å². The van der Waals surface area contributed by atoms with Gasteiger partial charge in [0.1, 0.15) is 6.61 Å². The number of anilines is 1. The minimum atomic E-state index is -0.609. The van der Waals surface area contributed by atoms with E-state index in [1.807, 2.05) is 36.4 Å². The molecule has 1 atom stereocenters. The van der Waals surface area contributed by atoms with Crippen LogP contribution in [-0.4, -0.2) is 48.4 Å². The van der Waals surface area contributed by atoms with Crippen LogP contribution in [-0.2, 0) is 10.2 Å². The first-order chi connectivity index (χ1) is 13.4. The van der Waals surface area contributed by atoms with Crippen molar-refractivity contribution in [1.29, 1.82) is 0 Å². The normalized spacial score (nSPS) is 19.1. The number of fused-ring (bicyclic) bond motifs is 1. The molecule has 0 saturated carbocycles. The van der Waals surface area contributed by atoms with E-state index in [1.165, 1.54) is 0 Å². The minimum Gasteiger partial charge on any atom is -0.485 e. The van der Waals surface area contributed by atoms with Gasteiger partial charge in [-0.05, 0) is 24.3 Å². The van der Waals surface area contributed by atoms with Gasteiger partial charge < -0.3 is 19.7 Å². The summed E-state index contributed by atoms with van der Waals surface area (Å²) in [7, 11) is 0. The average molecular weight is 382 g/mol. The highest BCUT2D eigenvalue weighted by Gasteiger charge is 2.31. The SMILES string of the molecule is CC(C)(C)c1ccc(N2CC(CNC(=O)C3COc4ccccc4O3)C2)nn1. The maximum absolute atomic E-state index is 12.4. The fourth-order valence-corrected chi connectivity index (χ4v) is 3.29. The van der Waals surface area contributed by atoms with Gasteiger partial charge in [0, 0.05) is 31.0 Å². The molecule has 2 aliphatic rings. The van der Waals surface area contributed by atoms with Crippen molar-refractivity contribution in [2.45, 2.75) is 32.3 Å². The number of rotatable bonds is 4. The Kier molecular flexibility index (Phi) is 4.83. The molecule has 4 rings (SSSR count). The summed E-state index contributed by atoms with van der Waals surface area (Å²) < 4.78 is 11.3. The van der Waals surface area contributed by atoms with Crippen LogP contribution < -0.4 is 19.7 Å². The molecule has 1 N–H and O–H groups in total. The standard InChI is InChI=1S/C21H26N4O3/c1-21(2,3)18-8-9-19(24-23-18)25-11-14(12-25)10-22-20(26)17-13-27-15-6-4-5-7-16(15)28-17/h4-9,14,17H,10-13H2,1-3H3,(H,22,26). The third-order valence-electron chi connectivity index (χ3n) is 5.07. The first-order valence-corrected chi connectivity index (χ1v) is 9.65. The van der Waals surface area contributed by atoms with Crippen LogP contribution in [0.4, 0.5) is 5.82 Å². The van der Waals surface area contributed by atoms with Gasteiger partial charge in [0.05, 0.1) is 5.69 Å². The Balaban J connectivity index is 1.23. The topological polar surface area (TPSA) is 76.6 Å². The number of carbonyl (C=O) groups is 1. The first-order valence-electron chi connectivity index (χ1n) is 9.65. The summed E-state index contributed by atoms with van der Waals surface area (Å²) in [6.45, 7) is 8.93. The second-order valence-corrected chi connectivity index (χ2v) is 8.41. The summed E-state index contributed by atoms with van der Waals surface area (Å²) in [6.07, 6.45) is -0.609. The zero-order chi connectivity index (χ0) is 19.7. The van der Waals surface area contributed by atoms with Crippen LogP contribution in [0, 0.1) is 5.92 Å². The zero-order valence-corrected chi connectivity index (χ0v) is 16.5. The molecule has 0 aliphatic carbocycles. The number of para-hydroxylation sites is 2. The highest BCUT2D eigenvalue weighted by atomic mass is 16.6. The van der Waals surface area contributed by atoms with E-state index in [-0.39, 0.29) is 17.9 Å². The lowest BCUT2D eigenvalue weighted by Gasteiger charge is -2.40. The Labute approximate surface area is 165 Å². The summed E-state index contributed by atoms with van der Waals surface area (Å²) in [5.74, 6) is 2.43. The third kappa shape index (κ3) is 3.88. The molecule has 3 heterocycles. The van der Waals surface area contributed by atoms with Crippen molar-refractivity contribution in [3.63, 3.8) is 0 Å². The van der Waals surface area contributed by atoms with Crippen molar-refractivity contribution >= 4 is 11.7 Å². The van der Waals surface area contributed by atoms with Crippen molar-refractivity contribution in [2.24, 2.45) is 5.92 Å². The molecule has 2 aliphatic heterocycles. The summed E-state index contributed by atoms with van der Waals surface area (Å²) >= 11 is 0. The van der Waals surface area contributed by atoms with Gasteiger partial charge in [-0.15, -0.1) is 5.10 Å². The molecular formula is C21H26N4O3. The van der Waals surface area contributed by atoms with E-state index < -0.39 is 6.10 Å². The molecule has 1 aromatic heterocycles. The molecular weight excluding hydrogens is 356 g/mol. The molecule has 1 saturated heterocycles. The second kappa shape index (κ2) is 7.30. The lowest BCUT2D eigenvalue weighted by atomic mass is 9.92. The maximum Gasteiger partial charge on any atom is 0.264 e. The Morgan fingerprint density at radius 3 is 2.57 bits per heavy atom. The Morgan fingerprint density at radius 1 is 1.14 bits per heavy atom. The average Bonchev–Trinajstić information content (AvgIpc) is 2.66. The number of ether oxygens (including phenoxy) is 2. The maximum atomic E-state index is 12.4. The van der Waals surface area contributed by atoms with E-state index in [2.05, 4.69) is 41.2 Å². The molecule has 7 nitrogen and oxygen atoms in total. The molecule has 1 unspecified atom stereocenters. The van der Waals surface area contributed by atoms with Gasteiger partial charge in [0.25, 0.3) is 5.91 Å². The van der Waals surface area contributed by atoms with Crippen molar-refractivity contribution in [3.8, 4) is 11.5 Å². The molecule has 0 radical (unpaired) electrons. The van der Waals surface area contributed by atoms with Crippen LogP contribution in [0.1, 0.15) is 26.5 Å². The summed E-state index contributed by atoms with van der Waals surface area (Å²) in [6, 6.07) is 11.4. The Bertz CT molecular complexity index is 841. The van der Waals surface area contributed by atoms with Crippen LogP contribution in [0.2, 0.25) is 0 Å². The highest BCUT2D eigenvalue weighted by molar-refractivity contribution is 5.81. The van der Waals surface area contributed by atoms with Crippen molar-refractivity contribution in [1.82, 2.24) is 15.5 Å². The van der Waals surface area contributed by atoms with Crippen molar-refractivity contribution < 1.29 is 14.3 Å². The number of aromatic nitrogens is 2. The van der Waals surface area contributed by atoms with E-state index in [0.717, 1.165) is 24.6 Å². The third-order valence-corrected chi connectivity index (χ3v) is 5.07. The van der Waals surface area contributed by atoms with E-state index in [1.54, 1.807) is 0 Å².